The van der Waals surface area contributed by atoms with E-state index in [1.165, 1.54) is 0 Å². The van der Waals surface area contributed by atoms with Crippen molar-refractivity contribution in [1.82, 2.24) is 4.98 Å². The Morgan fingerprint density at radius 2 is 1.82 bits per heavy atom. The highest BCUT2D eigenvalue weighted by Crippen LogP contribution is 2.35. The summed E-state index contributed by atoms with van der Waals surface area (Å²) >= 11 is 0. The Balaban J connectivity index is 2.45. The third-order valence-corrected chi connectivity index (χ3v) is 4.24. The Morgan fingerprint density at radius 1 is 1.11 bits per heavy atom. The van der Waals surface area contributed by atoms with Gasteiger partial charge in [0, 0.05) is 23.6 Å². The van der Waals surface area contributed by atoms with Crippen LogP contribution in [0.1, 0.15) is 32.3 Å². The van der Waals surface area contributed by atoms with Gasteiger partial charge in [-0.05, 0) is 31.5 Å². The molecule has 144 valence electrons. The molecule has 0 aliphatic carbocycles. The van der Waals surface area contributed by atoms with E-state index in [-0.39, 0.29) is 30.1 Å². The van der Waals surface area contributed by atoms with Crippen LogP contribution in [0.15, 0.2) is 63.6 Å². The fraction of sp³-hybridized carbons (Fsp3) is 0.227. The van der Waals surface area contributed by atoms with E-state index >= 15 is 0 Å². The summed E-state index contributed by atoms with van der Waals surface area (Å²) < 4.78 is 10.8. The lowest BCUT2D eigenvalue weighted by molar-refractivity contribution is -0.136. The summed E-state index contributed by atoms with van der Waals surface area (Å²) in [5.41, 5.74) is 0.132. The fourth-order valence-electron chi connectivity index (χ4n) is 3.05. The van der Waals surface area contributed by atoms with E-state index in [0.717, 1.165) is 0 Å². The quantitative estimate of drug-likeness (QED) is 0.386. The Kier molecular flexibility index (Phi) is 5.89. The summed E-state index contributed by atoms with van der Waals surface area (Å²) in [7, 11) is 0. The van der Waals surface area contributed by atoms with Gasteiger partial charge in [-0.2, -0.15) is 0 Å². The van der Waals surface area contributed by atoms with Crippen molar-refractivity contribution in [2.75, 3.05) is 6.61 Å². The molecule has 0 radical (unpaired) electrons. The van der Waals surface area contributed by atoms with Crippen LogP contribution in [0, 0.1) is 0 Å². The molecule has 0 saturated heterocycles. The summed E-state index contributed by atoms with van der Waals surface area (Å²) in [6.07, 6.45) is 2.47. The second-order valence-corrected chi connectivity index (χ2v) is 6.15. The number of rotatable bonds is 6. The lowest BCUT2D eigenvalue weighted by Crippen LogP contribution is -2.13. The monoisotopic (exact) mass is 379 g/mol. The molecule has 0 unspecified atom stereocenters. The zero-order valence-electron chi connectivity index (χ0n) is 15.8. The van der Waals surface area contributed by atoms with Crippen LogP contribution in [-0.2, 0) is 9.53 Å². The van der Waals surface area contributed by atoms with Gasteiger partial charge in [0.2, 0.25) is 0 Å². The minimum absolute atomic E-state index is 0.00990. The maximum absolute atomic E-state index is 12.8. The number of ether oxygens (including phenoxy) is 1. The summed E-state index contributed by atoms with van der Waals surface area (Å²) in [6, 6.07) is 12.0. The van der Waals surface area contributed by atoms with E-state index in [0.29, 0.717) is 28.5 Å². The van der Waals surface area contributed by atoms with Gasteiger partial charge in [-0.15, -0.1) is 0 Å². The average molecular weight is 379 g/mol. The summed E-state index contributed by atoms with van der Waals surface area (Å²) in [5, 5.41) is 11.5. The lowest BCUT2D eigenvalue weighted by Gasteiger charge is -2.15. The number of carbonyl (C=O) groups is 1. The van der Waals surface area contributed by atoms with Crippen molar-refractivity contribution in [2.45, 2.75) is 26.7 Å². The molecule has 6 heteroatoms. The van der Waals surface area contributed by atoms with Gasteiger partial charge in [0.15, 0.2) is 5.76 Å². The van der Waals surface area contributed by atoms with Crippen molar-refractivity contribution in [3.8, 4) is 11.5 Å². The number of benzene rings is 1. The number of pyridine rings is 1. The van der Waals surface area contributed by atoms with Crippen LogP contribution in [0.2, 0.25) is 0 Å². The first-order chi connectivity index (χ1) is 13.6. The van der Waals surface area contributed by atoms with Crippen LogP contribution in [-0.4, -0.2) is 22.7 Å². The van der Waals surface area contributed by atoms with E-state index in [9.17, 15) is 14.7 Å². The molecule has 2 heterocycles. The Bertz CT molecular complexity index is 1080. The second-order valence-electron chi connectivity index (χ2n) is 6.15. The predicted molar refractivity (Wildman–Crippen MR) is 107 cm³/mol. The van der Waals surface area contributed by atoms with Gasteiger partial charge in [0.25, 0.3) is 0 Å². The van der Waals surface area contributed by atoms with Crippen LogP contribution in [0.5, 0.6) is 0 Å². The minimum Gasteiger partial charge on any atom is -0.511 e. The number of hydrogen-bond donors (Lipinski definition) is 1. The maximum Gasteiger partial charge on any atom is 0.344 e. The van der Waals surface area contributed by atoms with Gasteiger partial charge in [-0.25, -0.2) is 9.59 Å². The minimum atomic E-state index is -0.676. The molecule has 2 aromatic heterocycles. The van der Waals surface area contributed by atoms with E-state index in [4.69, 9.17) is 9.15 Å². The summed E-state index contributed by atoms with van der Waals surface area (Å²) in [4.78, 5) is 29.6. The molecule has 1 N–H and O–H groups in total. The van der Waals surface area contributed by atoms with Crippen molar-refractivity contribution in [3.05, 3.63) is 70.4 Å². The lowest BCUT2D eigenvalue weighted by atomic mass is 9.95. The maximum atomic E-state index is 12.8. The van der Waals surface area contributed by atoms with Crippen molar-refractivity contribution in [1.29, 1.82) is 0 Å². The van der Waals surface area contributed by atoms with Crippen LogP contribution >= 0.6 is 0 Å². The van der Waals surface area contributed by atoms with Crippen LogP contribution < -0.4 is 5.63 Å². The number of nitrogens with zero attached hydrogens (tertiary/aromatic N) is 1. The topological polar surface area (TPSA) is 89.6 Å². The molecule has 0 aliphatic heterocycles. The van der Waals surface area contributed by atoms with Gasteiger partial charge in [0.05, 0.1) is 12.0 Å². The number of allylic oxidation sites excluding steroid dienone is 1. The number of esters is 1. The normalized spacial score (nSPS) is 11.9. The van der Waals surface area contributed by atoms with Gasteiger partial charge in [-0.1, -0.05) is 31.2 Å². The predicted octanol–water partition coefficient (Wildman–Crippen LogP) is 4.49. The molecule has 0 bridgehead atoms. The smallest absolute Gasteiger partial charge is 0.344 e. The highest BCUT2D eigenvalue weighted by Gasteiger charge is 2.27. The van der Waals surface area contributed by atoms with Crippen molar-refractivity contribution < 1.29 is 19.1 Å². The largest absolute Gasteiger partial charge is 0.511 e. The van der Waals surface area contributed by atoms with Crippen molar-refractivity contribution in [2.24, 2.45) is 0 Å². The molecule has 0 spiro atoms. The first kappa shape index (κ1) is 19.4. The first-order valence-electron chi connectivity index (χ1n) is 9.15. The Labute approximate surface area is 162 Å². The highest BCUT2D eigenvalue weighted by atomic mass is 16.5. The molecule has 0 amide bonds. The number of aliphatic hydroxyl groups excluding tert-OH is 1. The Hall–Kier alpha value is -3.41. The van der Waals surface area contributed by atoms with Crippen LogP contribution in [0.3, 0.4) is 0 Å². The van der Waals surface area contributed by atoms with Gasteiger partial charge in [-0.3, -0.25) is 4.98 Å². The second kappa shape index (κ2) is 8.52. The molecule has 0 atom stereocenters. The average Bonchev–Trinajstić information content (AvgIpc) is 2.71. The van der Waals surface area contributed by atoms with Crippen molar-refractivity contribution >= 4 is 22.3 Å². The highest BCUT2D eigenvalue weighted by molar-refractivity contribution is 6.22. The number of hydrogen-bond acceptors (Lipinski definition) is 6. The third-order valence-electron chi connectivity index (χ3n) is 4.24. The summed E-state index contributed by atoms with van der Waals surface area (Å²) in [6.45, 7) is 3.73. The van der Waals surface area contributed by atoms with E-state index in [2.05, 4.69) is 4.98 Å². The number of carbonyl (C=O) groups excluding carboxylic acids is 1. The third kappa shape index (κ3) is 3.67. The Morgan fingerprint density at radius 3 is 2.46 bits per heavy atom. The van der Waals surface area contributed by atoms with Gasteiger partial charge < -0.3 is 14.3 Å². The zero-order chi connectivity index (χ0) is 20.1. The molecule has 3 aromatic rings. The molecular formula is C22H21NO5. The molecule has 28 heavy (non-hydrogen) atoms. The van der Waals surface area contributed by atoms with Crippen molar-refractivity contribution in [3.63, 3.8) is 0 Å². The molecule has 0 saturated carbocycles. The first-order valence-corrected chi connectivity index (χ1v) is 9.15. The van der Waals surface area contributed by atoms with E-state index in [1.807, 2.05) is 6.92 Å². The standard InChI is InChI=1S/C22H21NO5/c1-3-9-17(24)19(22(26)27-4-2)18-14-10-5-6-11-15(14)21(25)28-20(18)16-12-7-8-13-23-16/h5-8,10-13,24H,3-4,9H2,1-2H3/b19-17+. The molecular weight excluding hydrogens is 358 g/mol. The number of aromatic nitrogens is 1. The molecule has 6 nitrogen and oxygen atoms in total. The molecule has 1 aromatic carbocycles. The SMILES string of the molecule is CCC/C(O)=C(\C(=O)OCC)c1c(-c2ccccn2)oc(=O)c2ccccc12. The van der Waals surface area contributed by atoms with E-state index in [1.54, 1.807) is 55.6 Å². The van der Waals surface area contributed by atoms with Gasteiger partial charge >= 0.3 is 11.6 Å². The molecule has 3 rings (SSSR count). The molecule has 0 fully saturated rings. The number of fused-ring (bicyclic) bond motifs is 1. The van der Waals surface area contributed by atoms with Crippen LogP contribution in [0.25, 0.3) is 27.8 Å². The number of aliphatic hydroxyl groups is 1. The summed E-state index contributed by atoms with van der Waals surface area (Å²) in [5.74, 6) is -0.670. The van der Waals surface area contributed by atoms with E-state index < -0.39 is 11.6 Å². The van der Waals surface area contributed by atoms with Crippen LogP contribution in [0.4, 0.5) is 0 Å². The van der Waals surface area contributed by atoms with Gasteiger partial charge in [0.1, 0.15) is 17.0 Å². The zero-order valence-corrected chi connectivity index (χ0v) is 15.8. The fourth-order valence-corrected chi connectivity index (χ4v) is 3.05. The molecule has 0 aliphatic rings.